The third-order valence-corrected chi connectivity index (χ3v) is 11.8. The highest BCUT2D eigenvalue weighted by Crippen LogP contribution is 2.36. The number of carbonyl (C=O) groups is 1. The lowest BCUT2D eigenvalue weighted by Crippen LogP contribution is -2.48. The van der Waals surface area contributed by atoms with Crippen LogP contribution in [0, 0.1) is 13.8 Å². The van der Waals surface area contributed by atoms with Gasteiger partial charge in [-0.25, -0.2) is 13.4 Å². The quantitative estimate of drug-likeness (QED) is 0.388. The summed E-state index contributed by atoms with van der Waals surface area (Å²) in [6, 6.07) is 6.45. The number of aromatic nitrogens is 1. The van der Waals surface area contributed by atoms with E-state index >= 15 is 0 Å². The number of amides is 1. The van der Waals surface area contributed by atoms with Crippen LogP contribution in [0.25, 0.3) is 10.2 Å². The third-order valence-electron chi connectivity index (χ3n) is 7.13. The van der Waals surface area contributed by atoms with Crippen LogP contribution in [-0.2, 0) is 19.6 Å². The highest BCUT2D eigenvalue weighted by molar-refractivity contribution is 7.91. The van der Waals surface area contributed by atoms with Crippen molar-refractivity contribution in [2.45, 2.75) is 43.4 Å². The molecule has 2 aliphatic rings. The molecule has 37 heavy (non-hydrogen) atoms. The van der Waals surface area contributed by atoms with E-state index in [9.17, 15) is 13.2 Å². The molecule has 200 valence electrons. The Balaban J connectivity index is 1.43. The second-order valence-electron chi connectivity index (χ2n) is 9.48. The van der Waals surface area contributed by atoms with Crippen molar-refractivity contribution < 1.29 is 17.9 Å². The van der Waals surface area contributed by atoms with Crippen molar-refractivity contribution in [1.29, 1.82) is 0 Å². The summed E-state index contributed by atoms with van der Waals surface area (Å²) >= 11 is 8.54. The fourth-order valence-corrected chi connectivity index (χ4v) is 9.23. The highest BCUT2D eigenvalue weighted by atomic mass is 35.5. The van der Waals surface area contributed by atoms with Crippen molar-refractivity contribution in [3.05, 3.63) is 39.7 Å². The largest absolute Gasteiger partial charge is 0.379 e. The number of ether oxygens (including phenoxy) is 1. The van der Waals surface area contributed by atoms with Gasteiger partial charge >= 0.3 is 0 Å². The van der Waals surface area contributed by atoms with Crippen LogP contribution < -0.4 is 4.90 Å². The number of benzene rings is 1. The molecule has 4 heterocycles. The lowest BCUT2D eigenvalue weighted by Gasteiger charge is -2.30. The first-order valence-corrected chi connectivity index (χ1v) is 16.0. The van der Waals surface area contributed by atoms with E-state index in [-0.39, 0.29) is 10.1 Å². The Bertz CT molecular complexity index is 1380. The maximum absolute atomic E-state index is 14.1. The molecule has 1 aromatic carbocycles. The van der Waals surface area contributed by atoms with E-state index in [1.807, 2.05) is 13.0 Å². The van der Waals surface area contributed by atoms with E-state index in [1.54, 1.807) is 11.0 Å². The first-order valence-electron chi connectivity index (χ1n) is 12.5. The molecule has 2 aliphatic heterocycles. The predicted octanol–water partition coefficient (Wildman–Crippen LogP) is 4.54. The van der Waals surface area contributed by atoms with E-state index in [0.717, 1.165) is 71.9 Å². The Kier molecular flexibility index (Phi) is 8.21. The molecule has 12 heteroatoms. The van der Waals surface area contributed by atoms with Crippen LogP contribution in [0.2, 0.25) is 4.34 Å². The van der Waals surface area contributed by atoms with Gasteiger partial charge in [-0.1, -0.05) is 29.0 Å². The van der Waals surface area contributed by atoms with Gasteiger partial charge in [-0.2, -0.15) is 4.31 Å². The molecular weight excluding hydrogens is 552 g/mol. The normalized spacial score (nSPS) is 19.6. The zero-order chi connectivity index (χ0) is 26.2. The molecule has 3 aromatic rings. The van der Waals surface area contributed by atoms with Gasteiger partial charge in [0.25, 0.3) is 10.0 Å². The number of rotatable bonds is 8. The highest BCUT2D eigenvalue weighted by Gasteiger charge is 2.42. The second-order valence-corrected chi connectivity index (χ2v) is 14.3. The SMILES string of the molecule is Cc1ccc2sc(N(CCCN3CCOCC3)C(=O)C3CCCN3S(=O)(=O)c3ccc(Cl)s3)nc2c1C. The molecule has 0 aliphatic carbocycles. The minimum Gasteiger partial charge on any atom is -0.379 e. The van der Waals surface area contributed by atoms with Crippen LogP contribution in [0.1, 0.15) is 30.4 Å². The Labute approximate surface area is 230 Å². The number of nitrogens with zero attached hydrogens (tertiary/aromatic N) is 4. The van der Waals surface area contributed by atoms with Crippen LogP contribution in [0.4, 0.5) is 5.13 Å². The lowest BCUT2D eigenvalue weighted by molar-refractivity contribution is -0.121. The molecule has 0 bridgehead atoms. The van der Waals surface area contributed by atoms with Gasteiger partial charge in [-0.15, -0.1) is 11.3 Å². The molecule has 0 spiro atoms. The molecular formula is C25H31ClN4O4S3. The number of carbonyl (C=O) groups excluding carboxylic acids is 1. The fourth-order valence-electron chi connectivity index (χ4n) is 4.91. The minimum absolute atomic E-state index is 0.169. The van der Waals surface area contributed by atoms with Crippen molar-refractivity contribution in [1.82, 2.24) is 14.2 Å². The Hall–Kier alpha value is -1.60. The number of anilines is 1. The summed E-state index contributed by atoms with van der Waals surface area (Å²) in [5.41, 5.74) is 3.15. The number of thiazole rings is 1. The summed E-state index contributed by atoms with van der Waals surface area (Å²) in [6.07, 6.45) is 1.88. The van der Waals surface area contributed by atoms with Crippen molar-refractivity contribution in [2.24, 2.45) is 0 Å². The van der Waals surface area contributed by atoms with Gasteiger partial charge in [0.1, 0.15) is 10.3 Å². The molecule has 0 N–H and O–H groups in total. The van der Waals surface area contributed by atoms with E-state index in [4.69, 9.17) is 21.3 Å². The van der Waals surface area contributed by atoms with Gasteiger partial charge < -0.3 is 4.74 Å². The average molecular weight is 583 g/mol. The van der Waals surface area contributed by atoms with Crippen molar-refractivity contribution >= 4 is 65.6 Å². The zero-order valence-electron chi connectivity index (χ0n) is 21.0. The number of hydrogen-bond donors (Lipinski definition) is 0. The Morgan fingerprint density at radius 2 is 1.95 bits per heavy atom. The summed E-state index contributed by atoms with van der Waals surface area (Å²) in [5.74, 6) is -0.209. The minimum atomic E-state index is -3.82. The van der Waals surface area contributed by atoms with Crippen LogP contribution in [0.15, 0.2) is 28.5 Å². The first kappa shape index (κ1) is 27.0. The zero-order valence-corrected chi connectivity index (χ0v) is 24.2. The number of aryl methyl sites for hydroxylation is 2. The van der Waals surface area contributed by atoms with Crippen molar-refractivity contribution in [2.75, 3.05) is 50.8 Å². The second kappa shape index (κ2) is 11.3. The molecule has 1 unspecified atom stereocenters. The predicted molar refractivity (Wildman–Crippen MR) is 150 cm³/mol. The van der Waals surface area contributed by atoms with E-state index < -0.39 is 16.1 Å². The molecule has 2 saturated heterocycles. The summed E-state index contributed by atoms with van der Waals surface area (Å²) in [5, 5.41) is 0.624. The van der Waals surface area contributed by atoms with E-state index in [1.165, 1.54) is 21.7 Å². The van der Waals surface area contributed by atoms with E-state index in [2.05, 4.69) is 17.9 Å². The molecule has 5 rings (SSSR count). The van der Waals surface area contributed by atoms with Crippen LogP contribution in [0.3, 0.4) is 0 Å². The molecule has 1 atom stereocenters. The summed E-state index contributed by atoms with van der Waals surface area (Å²) in [4.78, 5) is 23.0. The third kappa shape index (κ3) is 5.59. The Morgan fingerprint density at radius 1 is 1.16 bits per heavy atom. The molecule has 0 radical (unpaired) electrons. The number of hydrogen-bond acceptors (Lipinski definition) is 8. The number of sulfonamides is 1. The van der Waals surface area contributed by atoms with Gasteiger partial charge in [-0.05, 0) is 62.4 Å². The first-order chi connectivity index (χ1) is 17.8. The van der Waals surface area contributed by atoms with Crippen LogP contribution >= 0.6 is 34.3 Å². The number of fused-ring (bicyclic) bond motifs is 1. The number of morpholine rings is 1. The summed E-state index contributed by atoms with van der Waals surface area (Å²) in [7, 11) is -3.82. The topological polar surface area (TPSA) is 83.0 Å². The van der Waals surface area contributed by atoms with E-state index in [0.29, 0.717) is 35.4 Å². The van der Waals surface area contributed by atoms with Gasteiger partial charge in [0.2, 0.25) is 5.91 Å². The van der Waals surface area contributed by atoms with Crippen LogP contribution in [-0.4, -0.2) is 80.5 Å². The smallest absolute Gasteiger partial charge is 0.253 e. The molecule has 8 nitrogen and oxygen atoms in total. The van der Waals surface area contributed by atoms with Crippen LogP contribution in [0.5, 0.6) is 0 Å². The molecule has 0 saturated carbocycles. The summed E-state index contributed by atoms with van der Waals surface area (Å²) < 4.78 is 35.3. The van der Waals surface area contributed by atoms with Gasteiger partial charge in [-0.3, -0.25) is 14.6 Å². The van der Waals surface area contributed by atoms with Gasteiger partial charge in [0.05, 0.1) is 27.8 Å². The molecule has 2 aromatic heterocycles. The Morgan fingerprint density at radius 3 is 2.68 bits per heavy atom. The fraction of sp³-hybridized carbons (Fsp3) is 0.520. The maximum atomic E-state index is 14.1. The molecule has 1 amide bonds. The standard InChI is InChI=1S/C25H31ClN4O4S3/c1-17-6-7-20-23(18(17)2)27-25(35-20)29(11-4-10-28-13-15-34-16-14-28)24(31)19-5-3-12-30(19)37(32,33)22-9-8-21(26)36-22/h6-9,19H,3-5,10-16H2,1-2H3. The maximum Gasteiger partial charge on any atom is 0.253 e. The molecule has 2 fully saturated rings. The number of thiophene rings is 1. The van der Waals surface area contributed by atoms with Crippen molar-refractivity contribution in [3.8, 4) is 0 Å². The average Bonchev–Trinajstić information content (AvgIpc) is 3.64. The summed E-state index contributed by atoms with van der Waals surface area (Å²) in [6.45, 7) is 8.94. The monoisotopic (exact) mass is 582 g/mol. The van der Waals surface area contributed by atoms with Crippen molar-refractivity contribution in [3.63, 3.8) is 0 Å². The number of halogens is 1. The van der Waals surface area contributed by atoms with Gasteiger partial charge in [0, 0.05) is 32.7 Å². The van der Waals surface area contributed by atoms with Gasteiger partial charge in [0.15, 0.2) is 5.13 Å². The lowest BCUT2D eigenvalue weighted by atomic mass is 10.1.